The number of ether oxygens (including phenoxy) is 1. The van der Waals surface area contributed by atoms with Crippen LogP contribution in [0.25, 0.3) is 11.0 Å². The monoisotopic (exact) mass is 496 g/mol. The van der Waals surface area contributed by atoms with Crippen molar-refractivity contribution in [2.24, 2.45) is 0 Å². The average molecular weight is 497 g/mol. The van der Waals surface area contributed by atoms with Gasteiger partial charge >= 0.3 is 5.91 Å². The zero-order valence-electron chi connectivity index (χ0n) is 20.3. The van der Waals surface area contributed by atoms with Crippen molar-refractivity contribution in [2.45, 2.75) is 43.7 Å². The highest BCUT2D eigenvalue weighted by molar-refractivity contribution is 6.08. The fourth-order valence-electron chi connectivity index (χ4n) is 6.27. The van der Waals surface area contributed by atoms with E-state index in [0.717, 1.165) is 60.4 Å². The third kappa shape index (κ3) is 3.48. The minimum absolute atomic E-state index is 0.0850. The number of rotatable bonds is 3. The topological polar surface area (TPSA) is 104 Å². The fourth-order valence-corrected chi connectivity index (χ4v) is 6.27. The number of nitrogens with one attached hydrogen (secondary N) is 1. The maximum atomic E-state index is 13.2. The van der Waals surface area contributed by atoms with Gasteiger partial charge in [-0.15, -0.1) is 0 Å². The Labute approximate surface area is 213 Å². The van der Waals surface area contributed by atoms with Crippen molar-refractivity contribution < 1.29 is 23.7 Å². The average Bonchev–Trinajstić information content (AvgIpc) is 3.44. The second-order valence-electron chi connectivity index (χ2n) is 10.4. The molecule has 37 heavy (non-hydrogen) atoms. The van der Waals surface area contributed by atoms with E-state index in [2.05, 4.69) is 26.3 Å². The number of carbonyl (C=O) groups is 3. The molecule has 2 fully saturated rings. The SMILES string of the molecule is O=C1CCC([N+]2=Cc3c(ccc4c3OCC43CCN(Cc4cccc5nccnc45)CC3)C2=O)C(=O)N1. The fraction of sp³-hybridized carbons (Fsp3) is 0.357. The lowest BCUT2D eigenvalue weighted by Crippen LogP contribution is -2.50. The molecule has 1 aromatic heterocycles. The van der Waals surface area contributed by atoms with Crippen molar-refractivity contribution in [3.05, 3.63) is 65.0 Å². The van der Waals surface area contributed by atoms with Gasteiger partial charge in [-0.1, -0.05) is 18.2 Å². The predicted octanol–water partition coefficient (Wildman–Crippen LogP) is 1.95. The van der Waals surface area contributed by atoms with Gasteiger partial charge < -0.3 is 4.74 Å². The molecule has 0 saturated carbocycles. The highest BCUT2D eigenvalue weighted by atomic mass is 16.5. The summed E-state index contributed by atoms with van der Waals surface area (Å²) in [4.78, 5) is 48.6. The number of nitrogens with zero attached hydrogens (tertiary/aromatic N) is 4. The first-order valence-electron chi connectivity index (χ1n) is 12.7. The van der Waals surface area contributed by atoms with Crippen LogP contribution in [0.4, 0.5) is 0 Å². The van der Waals surface area contributed by atoms with Crippen LogP contribution in [0.1, 0.15) is 52.7 Å². The summed E-state index contributed by atoms with van der Waals surface area (Å²) in [6.45, 7) is 3.28. The van der Waals surface area contributed by atoms with Crippen LogP contribution in [0.5, 0.6) is 5.75 Å². The molecule has 4 aliphatic heterocycles. The van der Waals surface area contributed by atoms with Crippen LogP contribution in [0.15, 0.2) is 42.7 Å². The van der Waals surface area contributed by atoms with E-state index >= 15 is 0 Å². The Hall–Kier alpha value is -3.98. The minimum Gasteiger partial charge on any atom is -0.491 e. The number of para-hydroxylation sites is 1. The molecule has 0 aliphatic carbocycles. The molecule has 4 aliphatic rings. The lowest BCUT2D eigenvalue weighted by Gasteiger charge is -2.38. The van der Waals surface area contributed by atoms with Crippen molar-refractivity contribution in [1.82, 2.24) is 20.2 Å². The molecule has 2 saturated heterocycles. The highest BCUT2D eigenvalue weighted by Crippen LogP contribution is 2.48. The lowest BCUT2D eigenvalue weighted by molar-refractivity contribution is -0.452. The molecule has 1 N–H and O–H groups in total. The van der Waals surface area contributed by atoms with E-state index in [9.17, 15) is 14.4 Å². The van der Waals surface area contributed by atoms with Gasteiger partial charge in [0.15, 0.2) is 6.21 Å². The summed E-state index contributed by atoms with van der Waals surface area (Å²) in [5.74, 6) is -0.174. The maximum Gasteiger partial charge on any atom is 0.421 e. The van der Waals surface area contributed by atoms with E-state index in [-0.39, 0.29) is 23.7 Å². The van der Waals surface area contributed by atoms with E-state index in [1.165, 1.54) is 10.1 Å². The molecule has 3 aromatic rings. The lowest BCUT2D eigenvalue weighted by atomic mass is 9.74. The van der Waals surface area contributed by atoms with Crippen molar-refractivity contribution in [3.8, 4) is 5.75 Å². The summed E-state index contributed by atoms with van der Waals surface area (Å²) in [5, 5.41) is 2.35. The summed E-state index contributed by atoms with van der Waals surface area (Å²) < 4.78 is 7.74. The Morgan fingerprint density at radius 2 is 1.92 bits per heavy atom. The summed E-state index contributed by atoms with van der Waals surface area (Å²) >= 11 is 0. The molecule has 5 heterocycles. The molecule has 0 bridgehead atoms. The van der Waals surface area contributed by atoms with Crippen LogP contribution in [0.3, 0.4) is 0 Å². The minimum atomic E-state index is -0.675. The molecule has 9 heteroatoms. The Kier molecular flexibility index (Phi) is 4.97. The van der Waals surface area contributed by atoms with Gasteiger partial charge in [-0.25, -0.2) is 4.79 Å². The van der Waals surface area contributed by atoms with Crippen LogP contribution in [-0.4, -0.2) is 69.1 Å². The molecule has 0 radical (unpaired) electrons. The summed E-state index contributed by atoms with van der Waals surface area (Å²) in [7, 11) is 0. The van der Waals surface area contributed by atoms with E-state index in [4.69, 9.17) is 4.74 Å². The molecule has 1 spiro atoms. The molecule has 3 amide bonds. The van der Waals surface area contributed by atoms with Gasteiger partial charge in [0.2, 0.25) is 11.9 Å². The predicted molar refractivity (Wildman–Crippen MR) is 134 cm³/mol. The molecule has 1 atom stereocenters. The van der Waals surface area contributed by atoms with Gasteiger partial charge in [-0.3, -0.25) is 29.8 Å². The number of aromatic nitrogens is 2. The van der Waals surface area contributed by atoms with E-state index in [1.54, 1.807) is 18.6 Å². The maximum absolute atomic E-state index is 13.2. The van der Waals surface area contributed by atoms with Crippen LogP contribution in [-0.2, 0) is 21.5 Å². The van der Waals surface area contributed by atoms with Gasteiger partial charge in [0.05, 0.1) is 23.2 Å². The first-order chi connectivity index (χ1) is 18.0. The van der Waals surface area contributed by atoms with Crippen LogP contribution < -0.4 is 10.1 Å². The van der Waals surface area contributed by atoms with Gasteiger partial charge in [0, 0.05) is 42.8 Å². The van der Waals surface area contributed by atoms with Crippen molar-refractivity contribution >= 4 is 35.0 Å². The van der Waals surface area contributed by atoms with Gasteiger partial charge in [-0.2, -0.15) is 4.58 Å². The number of benzene rings is 2. The molecule has 7 rings (SSSR count). The summed E-state index contributed by atoms with van der Waals surface area (Å²) in [6.07, 6.45) is 7.67. The number of likely N-dealkylation sites (tertiary alicyclic amines) is 1. The Balaban J connectivity index is 1.12. The molecule has 9 nitrogen and oxygen atoms in total. The molecule has 2 aromatic carbocycles. The van der Waals surface area contributed by atoms with Crippen molar-refractivity contribution in [1.29, 1.82) is 0 Å². The quantitative estimate of drug-likeness (QED) is 0.437. The normalized spacial score (nSPS) is 22.5. The number of amides is 3. The third-order valence-electron chi connectivity index (χ3n) is 8.33. The van der Waals surface area contributed by atoms with Crippen LogP contribution >= 0.6 is 0 Å². The van der Waals surface area contributed by atoms with E-state index in [0.29, 0.717) is 18.6 Å². The second-order valence-corrected chi connectivity index (χ2v) is 10.4. The standard InChI is InChI=1S/C28H25N5O4/c34-23-7-6-22(26(35)31-23)33-15-19-18(27(33)36)4-5-20-25(19)37-16-28(20)8-12-32(13-9-28)14-17-2-1-3-21-24(17)30-11-10-29-21/h1-5,10-11,15,22H,6-9,12-14,16H2/p+1. The zero-order valence-corrected chi connectivity index (χ0v) is 20.3. The van der Waals surface area contributed by atoms with Crippen LogP contribution in [0, 0.1) is 0 Å². The van der Waals surface area contributed by atoms with E-state index < -0.39 is 11.9 Å². The zero-order chi connectivity index (χ0) is 25.1. The van der Waals surface area contributed by atoms with Crippen molar-refractivity contribution in [3.63, 3.8) is 0 Å². The number of piperidine rings is 2. The smallest absolute Gasteiger partial charge is 0.421 e. The van der Waals surface area contributed by atoms with Gasteiger partial charge in [0.25, 0.3) is 5.91 Å². The molecule has 186 valence electrons. The molecular weight excluding hydrogens is 470 g/mol. The Morgan fingerprint density at radius 1 is 1.08 bits per heavy atom. The number of fused-ring (bicyclic) bond motifs is 5. The Morgan fingerprint density at radius 3 is 2.76 bits per heavy atom. The highest BCUT2D eigenvalue weighted by Gasteiger charge is 2.49. The van der Waals surface area contributed by atoms with Crippen molar-refractivity contribution in [2.75, 3.05) is 19.7 Å². The van der Waals surface area contributed by atoms with Gasteiger partial charge in [-0.05, 0) is 43.6 Å². The van der Waals surface area contributed by atoms with E-state index in [1.807, 2.05) is 24.3 Å². The molecular formula is C28H26N5O4+. The summed E-state index contributed by atoms with van der Waals surface area (Å²) in [6, 6.07) is 9.39. The Bertz CT molecular complexity index is 1520. The first kappa shape index (κ1) is 22.2. The molecule has 1 unspecified atom stereocenters. The van der Waals surface area contributed by atoms with Gasteiger partial charge in [0.1, 0.15) is 11.3 Å². The number of carbonyl (C=O) groups excluding carboxylic acids is 3. The first-order valence-corrected chi connectivity index (χ1v) is 12.7. The van der Waals surface area contributed by atoms with Crippen LogP contribution in [0.2, 0.25) is 0 Å². The largest absolute Gasteiger partial charge is 0.491 e. The second kappa shape index (κ2) is 8.27. The number of hydrogen-bond donors (Lipinski definition) is 1. The third-order valence-corrected chi connectivity index (χ3v) is 8.33. The number of hydrogen-bond acceptors (Lipinski definition) is 7. The summed E-state index contributed by atoms with van der Waals surface area (Å²) in [5.41, 5.74) is 5.42. The number of imide groups is 1.